The van der Waals surface area contributed by atoms with Crippen LogP contribution < -0.4 is 0 Å². The maximum Gasteiger partial charge on any atom is 0.0731 e. The van der Waals surface area contributed by atoms with Gasteiger partial charge in [0, 0.05) is 5.02 Å². The number of benzene rings is 1. The van der Waals surface area contributed by atoms with E-state index in [4.69, 9.17) is 21.6 Å². The molecule has 0 radical (unpaired) electrons. The number of hydrogen-bond donors (Lipinski definition) is 0. The van der Waals surface area contributed by atoms with Gasteiger partial charge < -0.3 is 4.74 Å². The van der Waals surface area contributed by atoms with Crippen molar-refractivity contribution in [2.75, 3.05) is 6.61 Å². The van der Waals surface area contributed by atoms with Gasteiger partial charge in [-0.3, -0.25) is 0 Å². The van der Waals surface area contributed by atoms with E-state index < -0.39 is 0 Å². The van der Waals surface area contributed by atoms with Crippen molar-refractivity contribution in [3.8, 4) is 6.07 Å². The standard InChI is InChI=1S/C11H12ClNO/c1-9(6-13)7-14-8-10-4-2-3-5-11(10)12/h2-5,9H,7-8H2,1H3. The fourth-order valence-corrected chi connectivity index (χ4v) is 1.19. The first-order chi connectivity index (χ1) is 6.74. The molecule has 0 aromatic heterocycles. The molecule has 0 aliphatic carbocycles. The van der Waals surface area contributed by atoms with Crippen molar-refractivity contribution in [1.82, 2.24) is 0 Å². The number of nitrogens with zero attached hydrogens (tertiary/aromatic N) is 1. The Labute approximate surface area is 89.1 Å². The van der Waals surface area contributed by atoms with Gasteiger partial charge in [-0.2, -0.15) is 5.26 Å². The van der Waals surface area contributed by atoms with E-state index in [9.17, 15) is 0 Å². The van der Waals surface area contributed by atoms with E-state index in [0.29, 0.717) is 18.2 Å². The molecular weight excluding hydrogens is 198 g/mol. The van der Waals surface area contributed by atoms with E-state index in [2.05, 4.69) is 6.07 Å². The molecule has 1 rings (SSSR count). The molecule has 0 aliphatic heterocycles. The van der Waals surface area contributed by atoms with Gasteiger partial charge in [0.2, 0.25) is 0 Å². The average Bonchev–Trinajstić information content (AvgIpc) is 2.20. The number of ether oxygens (including phenoxy) is 1. The molecule has 0 aliphatic rings. The molecule has 3 heteroatoms. The fourth-order valence-electron chi connectivity index (χ4n) is 0.998. The second-order valence-electron chi connectivity index (χ2n) is 3.14. The van der Waals surface area contributed by atoms with Crippen molar-refractivity contribution in [1.29, 1.82) is 5.26 Å². The van der Waals surface area contributed by atoms with E-state index >= 15 is 0 Å². The van der Waals surface area contributed by atoms with Crippen LogP contribution in [-0.2, 0) is 11.3 Å². The minimum Gasteiger partial charge on any atom is -0.375 e. The first-order valence-electron chi connectivity index (χ1n) is 4.45. The van der Waals surface area contributed by atoms with Crippen molar-refractivity contribution in [2.45, 2.75) is 13.5 Å². The largest absolute Gasteiger partial charge is 0.375 e. The van der Waals surface area contributed by atoms with E-state index in [1.165, 1.54) is 0 Å². The van der Waals surface area contributed by atoms with Crippen LogP contribution in [-0.4, -0.2) is 6.61 Å². The van der Waals surface area contributed by atoms with Crippen LogP contribution in [0.1, 0.15) is 12.5 Å². The smallest absolute Gasteiger partial charge is 0.0731 e. The molecule has 1 unspecified atom stereocenters. The summed E-state index contributed by atoms with van der Waals surface area (Å²) in [5.74, 6) is -0.0718. The topological polar surface area (TPSA) is 33.0 Å². The molecule has 0 heterocycles. The predicted octanol–water partition coefficient (Wildman–Crippen LogP) is 3.02. The maximum atomic E-state index is 8.53. The minimum absolute atomic E-state index is 0.0718. The predicted molar refractivity (Wildman–Crippen MR) is 55.9 cm³/mol. The highest BCUT2D eigenvalue weighted by atomic mass is 35.5. The molecular formula is C11H12ClNO. The lowest BCUT2D eigenvalue weighted by Crippen LogP contribution is -2.03. The molecule has 0 spiro atoms. The van der Waals surface area contributed by atoms with Crippen LogP contribution in [0.25, 0.3) is 0 Å². The highest BCUT2D eigenvalue weighted by Gasteiger charge is 2.01. The number of hydrogen-bond acceptors (Lipinski definition) is 2. The Morgan fingerprint density at radius 1 is 1.50 bits per heavy atom. The summed E-state index contributed by atoms with van der Waals surface area (Å²) in [6, 6.07) is 9.64. The van der Waals surface area contributed by atoms with E-state index in [1.54, 1.807) is 0 Å². The lowest BCUT2D eigenvalue weighted by Gasteiger charge is -2.06. The lowest BCUT2D eigenvalue weighted by atomic mass is 10.2. The summed E-state index contributed by atoms with van der Waals surface area (Å²) < 4.78 is 5.35. The average molecular weight is 210 g/mol. The summed E-state index contributed by atoms with van der Waals surface area (Å²) >= 11 is 5.93. The monoisotopic (exact) mass is 209 g/mol. The number of nitriles is 1. The summed E-state index contributed by atoms with van der Waals surface area (Å²) in [6.45, 7) is 2.74. The second kappa shape index (κ2) is 5.64. The SMILES string of the molecule is CC(C#N)COCc1ccccc1Cl. The molecule has 2 nitrogen and oxygen atoms in total. The Balaban J connectivity index is 2.40. The highest BCUT2D eigenvalue weighted by molar-refractivity contribution is 6.31. The Bertz CT molecular complexity index is 332. The molecule has 1 atom stereocenters. The zero-order chi connectivity index (χ0) is 10.4. The Morgan fingerprint density at radius 2 is 2.21 bits per heavy atom. The molecule has 0 bridgehead atoms. The Morgan fingerprint density at radius 3 is 2.86 bits per heavy atom. The van der Waals surface area contributed by atoms with Crippen LogP contribution in [0.2, 0.25) is 5.02 Å². The third kappa shape index (κ3) is 3.37. The van der Waals surface area contributed by atoms with Crippen LogP contribution in [0.5, 0.6) is 0 Å². The van der Waals surface area contributed by atoms with E-state index in [-0.39, 0.29) is 5.92 Å². The summed E-state index contributed by atoms with van der Waals surface area (Å²) in [4.78, 5) is 0. The van der Waals surface area contributed by atoms with Crippen molar-refractivity contribution in [3.05, 3.63) is 34.9 Å². The summed E-state index contributed by atoms with van der Waals surface area (Å²) in [7, 11) is 0. The molecule has 0 fully saturated rings. The van der Waals surface area contributed by atoms with Crippen molar-refractivity contribution in [3.63, 3.8) is 0 Å². The van der Waals surface area contributed by atoms with Gasteiger partial charge in [-0.15, -0.1) is 0 Å². The third-order valence-corrected chi connectivity index (χ3v) is 2.17. The Kier molecular flexibility index (Phi) is 4.45. The van der Waals surface area contributed by atoms with Gasteiger partial charge in [-0.05, 0) is 18.6 Å². The quantitative estimate of drug-likeness (QED) is 0.764. The zero-order valence-corrected chi connectivity index (χ0v) is 8.79. The van der Waals surface area contributed by atoms with Crippen molar-refractivity contribution < 1.29 is 4.74 Å². The van der Waals surface area contributed by atoms with Gasteiger partial charge in [0.15, 0.2) is 0 Å². The van der Waals surface area contributed by atoms with Gasteiger partial charge in [-0.1, -0.05) is 29.8 Å². The molecule has 0 saturated carbocycles. The molecule has 0 saturated heterocycles. The lowest BCUT2D eigenvalue weighted by molar-refractivity contribution is 0.105. The van der Waals surface area contributed by atoms with Gasteiger partial charge in [0.25, 0.3) is 0 Å². The van der Waals surface area contributed by atoms with Crippen LogP contribution in [0.3, 0.4) is 0 Å². The van der Waals surface area contributed by atoms with Gasteiger partial charge in [-0.25, -0.2) is 0 Å². The zero-order valence-electron chi connectivity index (χ0n) is 8.03. The number of rotatable bonds is 4. The summed E-state index contributed by atoms with van der Waals surface area (Å²) in [5.41, 5.74) is 0.958. The molecule has 74 valence electrons. The number of halogens is 1. The van der Waals surface area contributed by atoms with Gasteiger partial charge in [0.05, 0.1) is 25.2 Å². The van der Waals surface area contributed by atoms with Gasteiger partial charge >= 0.3 is 0 Å². The van der Waals surface area contributed by atoms with Crippen molar-refractivity contribution in [2.24, 2.45) is 5.92 Å². The first kappa shape index (κ1) is 11.0. The summed E-state index contributed by atoms with van der Waals surface area (Å²) in [6.07, 6.45) is 0. The van der Waals surface area contributed by atoms with Gasteiger partial charge in [0.1, 0.15) is 0 Å². The molecule has 0 N–H and O–H groups in total. The van der Waals surface area contributed by atoms with Crippen LogP contribution in [0, 0.1) is 17.2 Å². The summed E-state index contributed by atoms with van der Waals surface area (Å²) in [5, 5.41) is 9.24. The first-order valence-corrected chi connectivity index (χ1v) is 4.82. The molecule has 1 aromatic rings. The van der Waals surface area contributed by atoms with Crippen LogP contribution in [0.15, 0.2) is 24.3 Å². The molecule has 0 amide bonds. The Hall–Kier alpha value is -1.04. The van der Waals surface area contributed by atoms with E-state index in [1.807, 2.05) is 31.2 Å². The third-order valence-electron chi connectivity index (χ3n) is 1.80. The normalized spacial score (nSPS) is 12.1. The maximum absolute atomic E-state index is 8.53. The second-order valence-corrected chi connectivity index (χ2v) is 3.54. The molecule has 14 heavy (non-hydrogen) atoms. The molecule has 1 aromatic carbocycles. The fraction of sp³-hybridized carbons (Fsp3) is 0.364. The minimum atomic E-state index is -0.0718. The highest BCUT2D eigenvalue weighted by Crippen LogP contribution is 2.15. The van der Waals surface area contributed by atoms with E-state index in [0.717, 1.165) is 5.56 Å². The van der Waals surface area contributed by atoms with Crippen molar-refractivity contribution >= 4 is 11.6 Å². The van der Waals surface area contributed by atoms with Crippen LogP contribution >= 0.6 is 11.6 Å². The van der Waals surface area contributed by atoms with Crippen LogP contribution in [0.4, 0.5) is 0 Å².